The first-order valence-electron chi connectivity index (χ1n) is 4.94. The lowest BCUT2D eigenvalue weighted by Crippen LogP contribution is -2.01. The Bertz CT molecular complexity index is 453. The number of methoxy groups -OCH3 is 1. The van der Waals surface area contributed by atoms with Crippen LogP contribution in [0.5, 0.6) is 5.75 Å². The van der Waals surface area contributed by atoms with E-state index in [-0.39, 0.29) is 0 Å². The molecule has 4 N–H and O–H groups in total. The first-order chi connectivity index (χ1) is 7.79. The summed E-state index contributed by atoms with van der Waals surface area (Å²) in [6.07, 6.45) is 3.61. The SMILES string of the molecule is COc1ccc(NCc2cn[nH]c2)c(N)c1. The molecule has 5 nitrogen and oxygen atoms in total. The van der Waals surface area contributed by atoms with Crippen LogP contribution in [0.15, 0.2) is 30.6 Å². The maximum Gasteiger partial charge on any atom is 0.121 e. The normalized spacial score (nSPS) is 10.1. The summed E-state index contributed by atoms with van der Waals surface area (Å²) >= 11 is 0. The molecular formula is C11H14N4O. The molecule has 0 saturated heterocycles. The van der Waals surface area contributed by atoms with E-state index in [0.29, 0.717) is 12.2 Å². The number of nitrogens with one attached hydrogen (secondary N) is 2. The summed E-state index contributed by atoms with van der Waals surface area (Å²) in [6, 6.07) is 5.56. The summed E-state index contributed by atoms with van der Waals surface area (Å²) in [5.41, 5.74) is 8.51. The van der Waals surface area contributed by atoms with Gasteiger partial charge in [0.25, 0.3) is 0 Å². The quantitative estimate of drug-likeness (QED) is 0.681. The Morgan fingerprint density at radius 3 is 3.00 bits per heavy atom. The predicted molar refractivity (Wildman–Crippen MR) is 63.3 cm³/mol. The molecule has 2 rings (SSSR count). The van der Waals surface area contributed by atoms with Crippen LogP contribution in [0.2, 0.25) is 0 Å². The van der Waals surface area contributed by atoms with Crippen molar-refractivity contribution in [1.29, 1.82) is 0 Å². The van der Waals surface area contributed by atoms with Crippen molar-refractivity contribution in [3.63, 3.8) is 0 Å². The molecule has 5 heteroatoms. The summed E-state index contributed by atoms with van der Waals surface area (Å²) in [5.74, 6) is 0.756. The number of nitrogens with two attached hydrogens (primary N) is 1. The van der Waals surface area contributed by atoms with Gasteiger partial charge in [-0.2, -0.15) is 5.10 Å². The summed E-state index contributed by atoms with van der Waals surface area (Å²) in [6.45, 7) is 0.688. The van der Waals surface area contributed by atoms with Gasteiger partial charge in [0.2, 0.25) is 0 Å². The van der Waals surface area contributed by atoms with E-state index >= 15 is 0 Å². The Balaban J connectivity index is 2.04. The van der Waals surface area contributed by atoms with Crippen LogP contribution in [-0.2, 0) is 6.54 Å². The summed E-state index contributed by atoms with van der Waals surface area (Å²) < 4.78 is 5.08. The maximum absolute atomic E-state index is 5.87. The molecule has 1 heterocycles. The van der Waals surface area contributed by atoms with E-state index in [0.717, 1.165) is 17.0 Å². The fraction of sp³-hybridized carbons (Fsp3) is 0.182. The van der Waals surface area contributed by atoms with Crippen molar-refractivity contribution in [3.05, 3.63) is 36.2 Å². The Labute approximate surface area is 93.6 Å². The van der Waals surface area contributed by atoms with Crippen LogP contribution in [0, 0.1) is 0 Å². The van der Waals surface area contributed by atoms with Gasteiger partial charge in [0.15, 0.2) is 0 Å². The van der Waals surface area contributed by atoms with Gasteiger partial charge in [-0.15, -0.1) is 0 Å². The van der Waals surface area contributed by atoms with Crippen LogP contribution in [0.4, 0.5) is 11.4 Å². The third-order valence-corrected chi connectivity index (χ3v) is 2.30. The third-order valence-electron chi connectivity index (χ3n) is 2.30. The first-order valence-corrected chi connectivity index (χ1v) is 4.94. The molecule has 1 aromatic carbocycles. The van der Waals surface area contributed by atoms with Crippen molar-refractivity contribution in [2.45, 2.75) is 6.54 Å². The van der Waals surface area contributed by atoms with Gasteiger partial charge in [-0.05, 0) is 12.1 Å². The number of rotatable bonds is 4. The van der Waals surface area contributed by atoms with Crippen molar-refractivity contribution >= 4 is 11.4 Å². The molecule has 0 fully saturated rings. The minimum absolute atomic E-state index is 0.669. The lowest BCUT2D eigenvalue weighted by atomic mass is 10.2. The third kappa shape index (κ3) is 2.25. The number of H-pyrrole nitrogens is 1. The number of aromatic nitrogens is 2. The Kier molecular flexibility index (Phi) is 2.95. The largest absolute Gasteiger partial charge is 0.497 e. The highest BCUT2D eigenvalue weighted by Crippen LogP contribution is 2.24. The Morgan fingerprint density at radius 1 is 1.50 bits per heavy atom. The van der Waals surface area contributed by atoms with Crippen LogP contribution >= 0.6 is 0 Å². The van der Waals surface area contributed by atoms with Crippen LogP contribution in [0.3, 0.4) is 0 Å². The lowest BCUT2D eigenvalue weighted by Gasteiger charge is -2.09. The number of hydrogen-bond donors (Lipinski definition) is 3. The van der Waals surface area contributed by atoms with Gasteiger partial charge in [0, 0.05) is 24.4 Å². The number of ether oxygens (including phenoxy) is 1. The minimum Gasteiger partial charge on any atom is -0.497 e. The fourth-order valence-corrected chi connectivity index (χ4v) is 1.40. The summed E-state index contributed by atoms with van der Waals surface area (Å²) in [5, 5.41) is 9.85. The number of anilines is 2. The highest BCUT2D eigenvalue weighted by Gasteiger charge is 2.01. The van der Waals surface area contributed by atoms with Crippen LogP contribution in [0.1, 0.15) is 5.56 Å². The van der Waals surface area contributed by atoms with E-state index in [1.807, 2.05) is 18.3 Å². The van der Waals surface area contributed by atoms with Crippen molar-refractivity contribution < 1.29 is 4.74 Å². The van der Waals surface area contributed by atoms with E-state index in [4.69, 9.17) is 10.5 Å². The van der Waals surface area contributed by atoms with Crippen molar-refractivity contribution in [2.75, 3.05) is 18.2 Å². The highest BCUT2D eigenvalue weighted by atomic mass is 16.5. The van der Waals surface area contributed by atoms with Gasteiger partial charge < -0.3 is 15.8 Å². The second-order valence-electron chi connectivity index (χ2n) is 3.41. The average molecular weight is 218 g/mol. The number of nitrogen functional groups attached to an aromatic ring is 1. The zero-order valence-corrected chi connectivity index (χ0v) is 9.03. The molecular weight excluding hydrogens is 204 g/mol. The topological polar surface area (TPSA) is 76.0 Å². The maximum atomic E-state index is 5.87. The van der Waals surface area contributed by atoms with Gasteiger partial charge in [0.1, 0.15) is 5.75 Å². The molecule has 0 aliphatic carbocycles. The second-order valence-corrected chi connectivity index (χ2v) is 3.41. The molecule has 0 bridgehead atoms. The van der Waals surface area contributed by atoms with Gasteiger partial charge in [-0.3, -0.25) is 5.10 Å². The molecule has 0 unspecified atom stereocenters. The van der Waals surface area contributed by atoms with E-state index in [2.05, 4.69) is 15.5 Å². The Hall–Kier alpha value is -2.17. The highest BCUT2D eigenvalue weighted by molar-refractivity contribution is 5.68. The smallest absolute Gasteiger partial charge is 0.121 e. The standard InChI is InChI=1S/C11H14N4O/c1-16-9-2-3-11(10(12)4-9)13-5-8-6-14-15-7-8/h2-4,6-7,13H,5,12H2,1H3,(H,14,15). The minimum atomic E-state index is 0.669. The molecule has 16 heavy (non-hydrogen) atoms. The predicted octanol–water partition coefficient (Wildman–Crippen LogP) is 1.61. The molecule has 0 spiro atoms. The molecule has 0 aliphatic rings. The van der Waals surface area contributed by atoms with E-state index < -0.39 is 0 Å². The first kappa shape index (κ1) is 10.4. The van der Waals surface area contributed by atoms with E-state index in [1.165, 1.54) is 0 Å². The zero-order chi connectivity index (χ0) is 11.4. The van der Waals surface area contributed by atoms with Gasteiger partial charge in [0.05, 0.1) is 24.7 Å². The molecule has 0 amide bonds. The molecule has 84 valence electrons. The van der Waals surface area contributed by atoms with Crippen molar-refractivity contribution in [2.24, 2.45) is 0 Å². The van der Waals surface area contributed by atoms with Crippen molar-refractivity contribution in [1.82, 2.24) is 10.2 Å². The molecule has 0 atom stereocenters. The number of aromatic amines is 1. The van der Waals surface area contributed by atoms with Gasteiger partial charge in [-0.1, -0.05) is 0 Å². The van der Waals surface area contributed by atoms with Crippen LogP contribution < -0.4 is 15.8 Å². The van der Waals surface area contributed by atoms with E-state index in [9.17, 15) is 0 Å². The molecule has 0 saturated carbocycles. The monoisotopic (exact) mass is 218 g/mol. The average Bonchev–Trinajstić information content (AvgIpc) is 2.80. The molecule has 0 aliphatic heterocycles. The number of benzene rings is 1. The van der Waals surface area contributed by atoms with Gasteiger partial charge in [-0.25, -0.2) is 0 Å². The Morgan fingerprint density at radius 2 is 2.38 bits per heavy atom. The second kappa shape index (κ2) is 4.57. The fourth-order valence-electron chi connectivity index (χ4n) is 1.40. The lowest BCUT2D eigenvalue weighted by molar-refractivity contribution is 0.415. The molecule has 1 aromatic heterocycles. The zero-order valence-electron chi connectivity index (χ0n) is 9.03. The summed E-state index contributed by atoms with van der Waals surface area (Å²) in [4.78, 5) is 0. The van der Waals surface area contributed by atoms with E-state index in [1.54, 1.807) is 19.4 Å². The molecule has 2 aromatic rings. The van der Waals surface area contributed by atoms with Crippen molar-refractivity contribution in [3.8, 4) is 5.75 Å². The van der Waals surface area contributed by atoms with Crippen LogP contribution in [-0.4, -0.2) is 17.3 Å². The van der Waals surface area contributed by atoms with Crippen LogP contribution in [0.25, 0.3) is 0 Å². The number of nitrogens with zero attached hydrogens (tertiary/aromatic N) is 1. The molecule has 0 radical (unpaired) electrons. The van der Waals surface area contributed by atoms with Gasteiger partial charge >= 0.3 is 0 Å². The number of hydrogen-bond acceptors (Lipinski definition) is 4. The summed E-state index contributed by atoms with van der Waals surface area (Å²) in [7, 11) is 1.62.